The molecular formula is C17H25N5O. The number of piperidine rings is 1. The number of aryl methyl sites for hydroxylation is 1. The average Bonchev–Trinajstić information content (AvgIpc) is 3.15. The normalized spacial score (nSPS) is 19.1. The molecule has 2 aromatic heterocycles. The standard InChI is InChI=1S/C17H25N5O/c1-11-9-18-21-15(11)12-6-5-7-22(10-12)16(23)13-8-14(20-19-13)17(2,3)4/h8-9,12H,5-7,10H2,1-4H3,(H,18,21)(H,19,20). The summed E-state index contributed by atoms with van der Waals surface area (Å²) in [5.41, 5.74) is 3.78. The van der Waals surface area contributed by atoms with Gasteiger partial charge >= 0.3 is 0 Å². The lowest BCUT2D eigenvalue weighted by Gasteiger charge is -2.32. The number of amides is 1. The van der Waals surface area contributed by atoms with Crippen molar-refractivity contribution in [1.29, 1.82) is 0 Å². The Bertz CT molecular complexity index is 694. The SMILES string of the molecule is Cc1cn[nH]c1C1CCCN(C(=O)c2cc(C(C)(C)C)[nH]n2)C1. The Morgan fingerprint density at radius 1 is 1.35 bits per heavy atom. The van der Waals surface area contributed by atoms with Crippen molar-refractivity contribution in [2.45, 2.75) is 51.9 Å². The molecule has 0 spiro atoms. The van der Waals surface area contributed by atoms with Gasteiger partial charge in [-0.25, -0.2) is 0 Å². The highest BCUT2D eigenvalue weighted by Gasteiger charge is 2.29. The van der Waals surface area contributed by atoms with E-state index in [2.05, 4.69) is 48.1 Å². The fourth-order valence-corrected chi connectivity index (χ4v) is 3.14. The first kappa shape index (κ1) is 15.8. The molecule has 2 aromatic rings. The van der Waals surface area contributed by atoms with Gasteiger partial charge in [0.15, 0.2) is 0 Å². The predicted octanol–water partition coefficient (Wildman–Crippen LogP) is 2.76. The minimum atomic E-state index is -0.0387. The van der Waals surface area contributed by atoms with E-state index in [1.54, 1.807) is 0 Å². The Kier molecular flexibility index (Phi) is 4.00. The largest absolute Gasteiger partial charge is 0.337 e. The molecule has 0 bridgehead atoms. The van der Waals surface area contributed by atoms with Gasteiger partial charge in [-0.15, -0.1) is 0 Å². The maximum absolute atomic E-state index is 12.8. The molecule has 1 aliphatic rings. The molecule has 0 aromatic carbocycles. The number of hydrogen-bond donors (Lipinski definition) is 2. The summed E-state index contributed by atoms with van der Waals surface area (Å²) in [7, 11) is 0. The van der Waals surface area contributed by atoms with Gasteiger partial charge in [-0.05, 0) is 31.4 Å². The van der Waals surface area contributed by atoms with E-state index in [0.29, 0.717) is 11.6 Å². The van der Waals surface area contributed by atoms with E-state index in [-0.39, 0.29) is 11.3 Å². The molecule has 6 nitrogen and oxygen atoms in total. The first-order valence-electron chi connectivity index (χ1n) is 8.21. The minimum Gasteiger partial charge on any atom is -0.337 e. The van der Waals surface area contributed by atoms with Crippen LogP contribution in [0.15, 0.2) is 12.3 Å². The van der Waals surface area contributed by atoms with Crippen molar-refractivity contribution in [2.24, 2.45) is 0 Å². The summed E-state index contributed by atoms with van der Waals surface area (Å²) in [5, 5.41) is 14.4. The molecule has 1 unspecified atom stereocenters. The molecule has 1 saturated heterocycles. The van der Waals surface area contributed by atoms with Gasteiger partial charge in [0.1, 0.15) is 5.69 Å². The minimum absolute atomic E-state index is 0.0126. The monoisotopic (exact) mass is 315 g/mol. The third-order valence-electron chi connectivity index (χ3n) is 4.59. The highest BCUT2D eigenvalue weighted by Crippen LogP contribution is 2.28. The van der Waals surface area contributed by atoms with Crippen molar-refractivity contribution < 1.29 is 4.79 Å². The van der Waals surface area contributed by atoms with E-state index in [0.717, 1.165) is 37.3 Å². The van der Waals surface area contributed by atoms with Crippen molar-refractivity contribution in [3.05, 3.63) is 34.9 Å². The van der Waals surface area contributed by atoms with Gasteiger partial charge in [-0.3, -0.25) is 15.0 Å². The summed E-state index contributed by atoms with van der Waals surface area (Å²) >= 11 is 0. The van der Waals surface area contributed by atoms with Gasteiger partial charge in [-0.1, -0.05) is 20.8 Å². The molecule has 0 aliphatic carbocycles. The second-order valence-electron chi connectivity index (χ2n) is 7.47. The number of aromatic nitrogens is 4. The molecule has 1 fully saturated rings. The topological polar surface area (TPSA) is 77.7 Å². The predicted molar refractivity (Wildman–Crippen MR) is 88.5 cm³/mol. The smallest absolute Gasteiger partial charge is 0.274 e. The number of rotatable bonds is 2. The maximum atomic E-state index is 12.8. The van der Waals surface area contributed by atoms with Crippen LogP contribution in [0.1, 0.15) is 67.0 Å². The molecule has 3 rings (SSSR count). The number of carbonyl (C=O) groups is 1. The van der Waals surface area contributed by atoms with Crippen LogP contribution in [0.3, 0.4) is 0 Å². The molecular weight excluding hydrogens is 290 g/mol. The highest BCUT2D eigenvalue weighted by molar-refractivity contribution is 5.92. The van der Waals surface area contributed by atoms with Crippen molar-refractivity contribution in [2.75, 3.05) is 13.1 Å². The summed E-state index contributed by atoms with van der Waals surface area (Å²) in [5.74, 6) is 0.342. The van der Waals surface area contributed by atoms with Crippen LogP contribution >= 0.6 is 0 Å². The van der Waals surface area contributed by atoms with Crippen molar-refractivity contribution in [3.8, 4) is 0 Å². The van der Waals surface area contributed by atoms with Crippen LogP contribution < -0.4 is 0 Å². The van der Waals surface area contributed by atoms with Gasteiger partial charge in [0, 0.05) is 35.8 Å². The second-order valence-corrected chi connectivity index (χ2v) is 7.47. The van der Waals surface area contributed by atoms with E-state index in [4.69, 9.17) is 0 Å². The fourth-order valence-electron chi connectivity index (χ4n) is 3.14. The van der Waals surface area contributed by atoms with Gasteiger partial charge in [0.25, 0.3) is 5.91 Å². The van der Waals surface area contributed by atoms with Crippen molar-refractivity contribution >= 4 is 5.91 Å². The maximum Gasteiger partial charge on any atom is 0.274 e. The number of carbonyl (C=O) groups excluding carboxylic acids is 1. The van der Waals surface area contributed by atoms with Crippen LogP contribution in [0.25, 0.3) is 0 Å². The molecule has 3 heterocycles. The first-order chi connectivity index (χ1) is 10.9. The molecule has 6 heteroatoms. The van der Waals surface area contributed by atoms with Gasteiger partial charge in [-0.2, -0.15) is 10.2 Å². The zero-order valence-electron chi connectivity index (χ0n) is 14.3. The molecule has 2 N–H and O–H groups in total. The Labute approximate surface area is 136 Å². The number of likely N-dealkylation sites (tertiary alicyclic amines) is 1. The highest BCUT2D eigenvalue weighted by atomic mass is 16.2. The van der Waals surface area contributed by atoms with E-state index >= 15 is 0 Å². The molecule has 1 atom stereocenters. The quantitative estimate of drug-likeness (QED) is 0.894. The molecule has 1 aliphatic heterocycles. The van der Waals surface area contributed by atoms with Crippen LogP contribution in [0.2, 0.25) is 0 Å². The molecule has 0 radical (unpaired) electrons. The lowest BCUT2D eigenvalue weighted by atomic mass is 9.91. The van der Waals surface area contributed by atoms with Gasteiger partial charge < -0.3 is 4.90 Å². The van der Waals surface area contributed by atoms with E-state index in [1.807, 2.05) is 17.2 Å². The van der Waals surface area contributed by atoms with E-state index in [1.165, 1.54) is 5.56 Å². The third-order valence-corrected chi connectivity index (χ3v) is 4.59. The van der Waals surface area contributed by atoms with Crippen LogP contribution in [0.4, 0.5) is 0 Å². The zero-order chi connectivity index (χ0) is 16.6. The number of nitrogens with one attached hydrogen (secondary N) is 2. The number of nitrogens with zero attached hydrogens (tertiary/aromatic N) is 3. The molecule has 0 saturated carbocycles. The summed E-state index contributed by atoms with van der Waals surface area (Å²) in [6.07, 6.45) is 3.94. The van der Waals surface area contributed by atoms with E-state index in [9.17, 15) is 4.79 Å². The Balaban J connectivity index is 1.75. The van der Waals surface area contributed by atoms with Crippen molar-refractivity contribution in [1.82, 2.24) is 25.3 Å². The zero-order valence-corrected chi connectivity index (χ0v) is 14.3. The van der Waals surface area contributed by atoms with Crippen molar-refractivity contribution in [3.63, 3.8) is 0 Å². The Hall–Kier alpha value is -2.11. The van der Waals surface area contributed by atoms with Crippen LogP contribution in [0.5, 0.6) is 0 Å². The number of H-pyrrole nitrogens is 2. The lowest BCUT2D eigenvalue weighted by molar-refractivity contribution is 0.0699. The second kappa shape index (κ2) is 5.83. The summed E-state index contributed by atoms with van der Waals surface area (Å²) < 4.78 is 0. The Morgan fingerprint density at radius 2 is 2.13 bits per heavy atom. The molecule has 1 amide bonds. The summed E-state index contributed by atoms with van der Waals surface area (Å²) in [4.78, 5) is 14.7. The lowest BCUT2D eigenvalue weighted by Crippen LogP contribution is -2.39. The fraction of sp³-hybridized carbons (Fsp3) is 0.588. The third kappa shape index (κ3) is 3.16. The molecule has 23 heavy (non-hydrogen) atoms. The van der Waals surface area contributed by atoms with Gasteiger partial charge in [0.05, 0.1) is 6.20 Å². The summed E-state index contributed by atoms with van der Waals surface area (Å²) in [6, 6.07) is 1.88. The first-order valence-corrected chi connectivity index (χ1v) is 8.21. The van der Waals surface area contributed by atoms with Gasteiger partial charge in [0.2, 0.25) is 0 Å². The van der Waals surface area contributed by atoms with Crippen LogP contribution in [0, 0.1) is 6.92 Å². The summed E-state index contributed by atoms with van der Waals surface area (Å²) in [6.45, 7) is 9.88. The van der Waals surface area contributed by atoms with Crippen LogP contribution in [-0.2, 0) is 5.41 Å². The van der Waals surface area contributed by atoms with E-state index < -0.39 is 0 Å². The number of hydrogen-bond acceptors (Lipinski definition) is 3. The number of aromatic amines is 2. The Morgan fingerprint density at radius 3 is 2.74 bits per heavy atom. The van der Waals surface area contributed by atoms with Crippen LogP contribution in [-0.4, -0.2) is 44.3 Å². The molecule has 124 valence electrons. The average molecular weight is 315 g/mol.